The van der Waals surface area contributed by atoms with Gasteiger partial charge in [-0.2, -0.15) is 0 Å². The average Bonchev–Trinajstić information content (AvgIpc) is 2.37. The molecule has 0 saturated heterocycles. The molecule has 0 spiro atoms. The number of hydrogen-bond acceptors (Lipinski definition) is 4. The van der Waals surface area contributed by atoms with Crippen LogP contribution in [-0.2, 0) is 10.0 Å². The summed E-state index contributed by atoms with van der Waals surface area (Å²) in [4.78, 5) is 14.1. The van der Waals surface area contributed by atoms with Gasteiger partial charge in [-0.15, -0.1) is 0 Å². The molecule has 1 aromatic rings. The highest BCUT2D eigenvalue weighted by molar-refractivity contribution is 7.92. The van der Waals surface area contributed by atoms with Crippen LogP contribution in [0, 0.1) is 0 Å². The third kappa shape index (κ3) is 5.73. The zero-order chi connectivity index (χ0) is 16.0. The van der Waals surface area contributed by atoms with Gasteiger partial charge in [0.05, 0.1) is 6.26 Å². The van der Waals surface area contributed by atoms with E-state index in [1.54, 1.807) is 29.2 Å². The largest absolute Gasteiger partial charge is 0.396 e. The Morgan fingerprint density at radius 2 is 1.86 bits per heavy atom. The van der Waals surface area contributed by atoms with Crippen LogP contribution in [0.1, 0.15) is 30.6 Å². The molecular weight excluding hydrogens is 292 g/mol. The minimum Gasteiger partial charge on any atom is -0.396 e. The lowest BCUT2D eigenvalue weighted by molar-refractivity contribution is 0.0693. The highest BCUT2D eigenvalue weighted by Gasteiger charge is 2.18. The first-order valence-electron chi connectivity index (χ1n) is 6.74. The third-order valence-electron chi connectivity index (χ3n) is 2.88. The van der Waals surface area contributed by atoms with Crippen molar-refractivity contribution >= 4 is 21.6 Å². The number of nitrogens with zero attached hydrogens (tertiary/aromatic N) is 1. The van der Waals surface area contributed by atoms with E-state index in [0.717, 1.165) is 6.26 Å². The van der Waals surface area contributed by atoms with Crippen LogP contribution < -0.4 is 4.72 Å². The Kier molecular flexibility index (Phi) is 6.17. The quantitative estimate of drug-likeness (QED) is 0.794. The zero-order valence-corrected chi connectivity index (χ0v) is 13.4. The number of carbonyl (C=O) groups is 1. The van der Waals surface area contributed by atoms with Crippen molar-refractivity contribution in [2.45, 2.75) is 26.3 Å². The van der Waals surface area contributed by atoms with E-state index in [2.05, 4.69) is 4.72 Å². The maximum atomic E-state index is 12.4. The van der Waals surface area contributed by atoms with Crippen molar-refractivity contribution in [1.29, 1.82) is 0 Å². The van der Waals surface area contributed by atoms with Gasteiger partial charge in [0.25, 0.3) is 5.91 Å². The van der Waals surface area contributed by atoms with Gasteiger partial charge in [0.1, 0.15) is 0 Å². The molecule has 0 saturated carbocycles. The SMILES string of the molecule is CC(C)N(CCCO)C(=O)c1ccc(NS(C)(=O)=O)cc1. The number of amides is 1. The van der Waals surface area contributed by atoms with Gasteiger partial charge >= 0.3 is 0 Å². The zero-order valence-electron chi connectivity index (χ0n) is 12.5. The first-order chi connectivity index (χ1) is 9.74. The Hall–Kier alpha value is -1.60. The monoisotopic (exact) mass is 314 g/mol. The smallest absolute Gasteiger partial charge is 0.254 e. The van der Waals surface area contributed by atoms with Crippen molar-refractivity contribution in [2.24, 2.45) is 0 Å². The summed E-state index contributed by atoms with van der Waals surface area (Å²) in [5.74, 6) is -0.135. The minimum atomic E-state index is -3.33. The Balaban J connectivity index is 2.86. The molecule has 1 amide bonds. The number of nitrogens with one attached hydrogen (secondary N) is 1. The molecule has 0 aromatic heterocycles. The second kappa shape index (κ2) is 7.42. The Bertz CT molecular complexity index is 567. The van der Waals surface area contributed by atoms with E-state index in [0.29, 0.717) is 24.2 Å². The van der Waals surface area contributed by atoms with Crippen LogP contribution in [0.3, 0.4) is 0 Å². The van der Waals surface area contributed by atoms with E-state index in [9.17, 15) is 13.2 Å². The van der Waals surface area contributed by atoms with Gasteiger partial charge in [0.2, 0.25) is 10.0 Å². The fraction of sp³-hybridized carbons (Fsp3) is 0.500. The molecule has 0 unspecified atom stereocenters. The number of hydrogen-bond donors (Lipinski definition) is 2. The van der Waals surface area contributed by atoms with Crippen molar-refractivity contribution in [1.82, 2.24) is 4.90 Å². The highest BCUT2D eigenvalue weighted by atomic mass is 32.2. The number of aliphatic hydroxyl groups excluding tert-OH is 1. The second-order valence-electron chi connectivity index (χ2n) is 5.12. The molecule has 6 nitrogen and oxygen atoms in total. The molecule has 118 valence electrons. The molecule has 0 aliphatic rings. The normalized spacial score (nSPS) is 11.5. The first kappa shape index (κ1) is 17.5. The standard InChI is InChI=1S/C14H22N2O4S/c1-11(2)16(9-4-10-17)14(18)12-5-7-13(8-6-12)15-21(3,19)20/h5-8,11,15,17H,4,9-10H2,1-3H3. The lowest BCUT2D eigenvalue weighted by Crippen LogP contribution is -2.38. The molecule has 2 N–H and O–H groups in total. The Morgan fingerprint density at radius 3 is 2.29 bits per heavy atom. The molecule has 0 aliphatic heterocycles. The van der Waals surface area contributed by atoms with Crippen molar-refractivity contribution in [3.8, 4) is 0 Å². The van der Waals surface area contributed by atoms with Crippen LogP contribution >= 0.6 is 0 Å². The number of carbonyl (C=O) groups excluding carboxylic acids is 1. The maximum absolute atomic E-state index is 12.4. The fourth-order valence-electron chi connectivity index (χ4n) is 1.90. The van der Waals surface area contributed by atoms with Crippen molar-refractivity contribution in [2.75, 3.05) is 24.1 Å². The molecule has 0 heterocycles. The van der Waals surface area contributed by atoms with Gasteiger partial charge in [-0.05, 0) is 44.5 Å². The van der Waals surface area contributed by atoms with Gasteiger partial charge in [-0.1, -0.05) is 0 Å². The number of sulfonamides is 1. The van der Waals surface area contributed by atoms with E-state index in [4.69, 9.17) is 5.11 Å². The lowest BCUT2D eigenvalue weighted by atomic mass is 10.1. The number of benzene rings is 1. The second-order valence-corrected chi connectivity index (χ2v) is 6.87. The van der Waals surface area contributed by atoms with Crippen LogP contribution in [0.5, 0.6) is 0 Å². The van der Waals surface area contributed by atoms with Gasteiger partial charge < -0.3 is 10.0 Å². The summed E-state index contributed by atoms with van der Waals surface area (Å²) in [5.41, 5.74) is 0.904. The highest BCUT2D eigenvalue weighted by Crippen LogP contribution is 2.14. The predicted molar refractivity (Wildman–Crippen MR) is 82.8 cm³/mol. The molecule has 0 aliphatic carbocycles. The Morgan fingerprint density at radius 1 is 1.29 bits per heavy atom. The predicted octanol–water partition coefficient (Wildman–Crippen LogP) is 1.29. The van der Waals surface area contributed by atoms with Crippen LogP contribution in [0.15, 0.2) is 24.3 Å². The summed E-state index contributed by atoms with van der Waals surface area (Å²) in [6.45, 7) is 4.34. The topological polar surface area (TPSA) is 86.7 Å². The van der Waals surface area contributed by atoms with Crippen LogP contribution in [0.2, 0.25) is 0 Å². The molecule has 0 fully saturated rings. The summed E-state index contributed by atoms with van der Waals surface area (Å²) in [6.07, 6.45) is 1.60. The molecule has 1 rings (SSSR count). The maximum Gasteiger partial charge on any atom is 0.254 e. The van der Waals surface area contributed by atoms with Crippen molar-refractivity contribution in [3.63, 3.8) is 0 Å². The molecule has 21 heavy (non-hydrogen) atoms. The summed E-state index contributed by atoms with van der Waals surface area (Å²) < 4.78 is 24.6. The molecule has 0 atom stereocenters. The van der Waals surface area contributed by atoms with Gasteiger partial charge in [0.15, 0.2) is 0 Å². The number of anilines is 1. The third-order valence-corrected chi connectivity index (χ3v) is 3.48. The van der Waals surface area contributed by atoms with E-state index in [1.807, 2.05) is 13.8 Å². The Labute approximate surface area is 125 Å². The van der Waals surface area contributed by atoms with E-state index < -0.39 is 10.0 Å². The summed E-state index contributed by atoms with van der Waals surface area (Å²) in [5, 5.41) is 8.89. The molecule has 0 radical (unpaired) electrons. The van der Waals surface area contributed by atoms with Crippen molar-refractivity contribution in [3.05, 3.63) is 29.8 Å². The number of aliphatic hydroxyl groups is 1. The van der Waals surface area contributed by atoms with Crippen LogP contribution in [-0.4, -0.2) is 49.8 Å². The van der Waals surface area contributed by atoms with Crippen molar-refractivity contribution < 1.29 is 18.3 Å². The van der Waals surface area contributed by atoms with E-state index in [-0.39, 0.29) is 18.6 Å². The van der Waals surface area contributed by atoms with Crippen LogP contribution in [0.25, 0.3) is 0 Å². The molecular formula is C14H22N2O4S. The molecule has 0 bridgehead atoms. The molecule has 7 heteroatoms. The summed E-state index contributed by atoms with van der Waals surface area (Å²) in [7, 11) is -3.33. The number of rotatable bonds is 7. The van der Waals surface area contributed by atoms with E-state index >= 15 is 0 Å². The first-order valence-corrected chi connectivity index (χ1v) is 8.63. The van der Waals surface area contributed by atoms with Gasteiger partial charge in [-0.25, -0.2) is 8.42 Å². The van der Waals surface area contributed by atoms with Gasteiger partial charge in [0, 0.05) is 30.4 Å². The fourth-order valence-corrected chi connectivity index (χ4v) is 2.46. The van der Waals surface area contributed by atoms with E-state index in [1.165, 1.54) is 0 Å². The van der Waals surface area contributed by atoms with Gasteiger partial charge in [-0.3, -0.25) is 9.52 Å². The minimum absolute atomic E-state index is 0.0258. The average molecular weight is 314 g/mol. The van der Waals surface area contributed by atoms with Crippen LogP contribution in [0.4, 0.5) is 5.69 Å². The summed E-state index contributed by atoms with van der Waals surface area (Å²) in [6, 6.07) is 6.31. The lowest BCUT2D eigenvalue weighted by Gasteiger charge is -2.26. The summed E-state index contributed by atoms with van der Waals surface area (Å²) >= 11 is 0. The molecule has 1 aromatic carbocycles.